The van der Waals surface area contributed by atoms with Gasteiger partial charge in [0.1, 0.15) is 12.0 Å². The van der Waals surface area contributed by atoms with Crippen LogP contribution in [0, 0.1) is 18.3 Å². The third-order valence-electron chi connectivity index (χ3n) is 7.22. The highest BCUT2D eigenvalue weighted by molar-refractivity contribution is 5.98. The molecule has 0 aliphatic carbocycles. The molecule has 0 fully saturated rings. The number of aryl methyl sites for hydroxylation is 3. The maximum Gasteiger partial charge on any atom is 0.253 e. The molecular weight excluding hydrogens is 494 g/mol. The molecule has 2 aromatic carbocycles. The largest absolute Gasteiger partial charge is 0.484 e. The number of nitrogens with zero attached hydrogens (tertiary/aromatic N) is 7. The number of likely N-dealkylation sites (N-methyl/N-ethyl adjacent to an activating group) is 1. The van der Waals surface area contributed by atoms with Crippen LogP contribution in [-0.2, 0) is 20.7 Å². The van der Waals surface area contributed by atoms with Gasteiger partial charge in [0, 0.05) is 74.6 Å². The lowest BCUT2D eigenvalue weighted by molar-refractivity contribution is 0.263. The molecule has 0 N–H and O–H groups in total. The number of anilines is 3. The van der Waals surface area contributed by atoms with Crippen molar-refractivity contribution in [1.82, 2.24) is 19.3 Å². The van der Waals surface area contributed by atoms with E-state index >= 15 is 0 Å². The second-order valence-electron chi connectivity index (χ2n) is 9.76. The van der Waals surface area contributed by atoms with Crippen molar-refractivity contribution in [2.45, 2.75) is 13.5 Å². The third kappa shape index (κ3) is 4.18. The van der Waals surface area contributed by atoms with E-state index in [2.05, 4.69) is 39.1 Å². The van der Waals surface area contributed by atoms with Gasteiger partial charge in [-0.15, -0.1) is 0 Å². The summed E-state index contributed by atoms with van der Waals surface area (Å²) in [4.78, 5) is 21.4. The van der Waals surface area contributed by atoms with Crippen LogP contribution in [0.15, 0.2) is 64.4 Å². The van der Waals surface area contributed by atoms with Crippen LogP contribution in [0.4, 0.5) is 17.1 Å². The smallest absolute Gasteiger partial charge is 0.253 e. The standard InChI is InChI=1S/C29H27N7O3/c1-18-9-23-24(35(4)29(18)37)11-21(39-17-28-31-5-8-38-28)12-25(23)36-7-6-33(2)26-13-22(19(14-30)10-27(26)36)20-15-32-34(3)16-20/h5,8-13,15-16H,6-7,17H2,1-4H3. The van der Waals surface area contributed by atoms with Crippen LogP contribution in [0.3, 0.4) is 0 Å². The molecular formula is C29H27N7O3. The van der Waals surface area contributed by atoms with E-state index in [4.69, 9.17) is 9.15 Å². The Labute approximate surface area is 224 Å². The van der Waals surface area contributed by atoms with Crippen LogP contribution in [0.5, 0.6) is 5.75 Å². The molecule has 0 saturated carbocycles. The lowest BCUT2D eigenvalue weighted by atomic mass is 9.98. The predicted octanol–water partition coefficient (Wildman–Crippen LogP) is 4.27. The van der Waals surface area contributed by atoms with Crippen LogP contribution in [0.1, 0.15) is 17.0 Å². The van der Waals surface area contributed by atoms with E-state index in [1.807, 2.05) is 44.4 Å². The summed E-state index contributed by atoms with van der Waals surface area (Å²) in [6, 6.07) is 12.2. The molecule has 0 saturated heterocycles. The van der Waals surface area contributed by atoms with Gasteiger partial charge in [0.15, 0.2) is 6.61 Å². The molecule has 0 atom stereocenters. The van der Waals surface area contributed by atoms with Gasteiger partial charge in [0.05, 0.1) is 46.6 Å². The summed E-state index contributed by atoms with van der Waals surface area (Å²) in [5.74, 6) is 1.04. The van der Waals surface area contributed by atoms with Crippen LogP contribution < -0.4 is 20.1 Å². The number of oxazole rings is 1. The van der Waals surface area contributed by atoms with Crippen molar-refractivity contribution in [1.29, 1.82) is 5.26 Å². The summed E-state index contributed by atoms with van der Waals surface area (Å²) in [6.07, 6.45) is 6.76. The molecule has 1 aliphatic heterocycles. The van der Waals surface area contributed by atoms with E-state index in [9.17, 15) is 10.1 Å². The number of rotatable bonds is 5. The Hall–Kier alpha value is -5.04. The van der Waals surface area contributed by atoms with Crippen LogP contribution in [0.2, 0.25) is 0 Å². The van der Waals surface area contributed by atoms with Crippen molar-refractivity contribution in [2.75, 3.05) is 29.9 Å². The molecule has 10 nitrogen and oxygen atoms in total. The summed E-state index contributed by atoms with van der Waals surface area (Å²) in [5, 5.41) is 15.3. The Bertz CT molecular complexity index is 1810. The molecule has 6 rings (SSSR count). The lowest BCUT2D eigenvalue weighted by Crippen LogP contribution is -2.37. The van der Waals surface area contributed by atoms with Crippen molar-refractivity contribution in [3.63, 3.8) is 0 Å². The minimum atomic E-state index is -0.0649. The normalized spacial score (nSPS) is 13.0. The number of benzene rings is 2. The second kappa shape index (κ2) is 9.36. The molecule has 39 heavy (non-hydrogen) atoms. The Kier molecular flexibility index (Phi) is 5.84. The number of hydrogen-bond acceptors (Lipinski definition) is 8. The first kappa shape index (κ1) is 24.3. The second-order valence-corrected chi connectivity index (χ2v) is 9.76. The van der Waals surface area contributed by atoms with Gasteiger partial charge in [0.2, 0.25) is 5.89 Å². The minimum absolute atomic E-state index is 0.0649. The van der Waals surface area contributed by atoms with Gasteiger partial charge in [0.25, 0.3) is 5.56 Å². The van der Waals surface area contributed by atoms with Crippen molar-refractivity contribution in [2.24, 2.45) is 14.1 Å². The van der Waals surface area contributed by atoms with Crippen molar-refractivity contribution >= 4 is 28.0 Å². The maximum absolute atomic E-state index is 12.9. The SMILES string of the molecule is Cc1cc2c(N3CCN(C)c4cc(-c5cnn(C)c5)c(C#N)cc43)cc(OCc3ncco3)cc2n(C)c1=O. The van der Waals surface area contributed by atoms with E-state index in [0.29, 0.717) is 29.3 Å². The van der Waals surface area contributed by atoms with Crippen molar-refractivity contribution in [3.05, 3.63) is 82.6 Å². The fourth-order valence-electron chi connectivity index (χ4n) is 5.18. The van der Waals surface area contributed by atoms with Gasteiger partial charge in [-0.05, 0) is 25.1 Å². The highest BCUT2D eigenvalue weighted by Crippen LogP contribution is 2.44. The van der Waals surface area contributed by atoms with Gasteiger partial charge < -0.3 is 23.5 Å². The number of pyridine rings is 1. The quantitative estimate of drug-likeness (QED) is 0.338. The Balaban J connectivity index is 1.54. The maximum atomic E-state index is 12.9. The predicted molar refractivity (Wildman–Crippen MR) is 148 cm³/mol. The molecule has 0 amide bonds. The van der Waals surface area contributed by atoms with E-state index in [-0.39, 0.29) is 12.2 Å². The van der Waals surface area contributed by atoms with Gasteiger partial charge in [-0.25, -0.2) is 4.98 Å². The highest BCUT2D eigenvalue weighted by Gasteiger charge is 2.27. The minimum Gasteiger partial charge on any atom is -0.484 e. The van der Waals surface area contributed by atoms with E-state index < -0.39 is 0 Å². The zero-order valence-corrected chi connectivity index (χ0v) is 22.2. The van der Waals surface area contributed by atoms with Crippen LogP contribution >= 0.6 is 0 Å². The number of ether oxygens (including phenoxy) is 1. The molecule has 0 bridgehead atoms. The molecule has 1 aliphatic rings. The highest BCUT2D eigenvalue weighted by atomic mass is 16.5. The molecule has 4 heterocycles. The monoisotopic (exact) mass is 521 g/mol. The molecule has 0 spiro atoms. The average Bonchev–Trinajstić information content (AvgIpc) is 3.62. The van der Waals surface area contributed by atoms with Crippen LogP contribution in [-0.4, -0.2) is 39.5 Å². The molecule has 3 aromatic heterocycles. The number of nitriles is 1. The summed E-state index contributed by atoms with van der Waals surface area (Å²) in [6.45, 7) is 3.42. The summed E-state index contributed by atoms with van der Waals surface area (Å²) >= 11 is 0. The van der Waals surface area contributed by atoms with Crippen LogP contribution in [0.25, 0.3) is 22.0 Å². The van der Waals surface area contributed by atoms with Gasteiger partial charge >= 0.3 is 0 Å². The summed E-state index contributed by atoms with van der Waals surface area (Å²) < 4.78 is 14.8. The average molecular weight is 522 g/mol. The number of aromatic nitrogens is 4. The summed E-state index contributed by atoms with van der Waals surface area (Å²) in [5.41, 5.74) is 6.42. The fraction of sp³-hybridized carbons (Fsp3) is 0.241. The Morgan fingerprint density at radius 2 is 1.92 bits per heavy atom. The van der Waals surface area contributed by atoms with E-state index in [1.54, 1.807) is 28.7 Å². The topological polar surface area (TPSA) is 105 Å². The number of hydrogen-bond donors (Lipinski definition) is 0. The third-order valence-corrected chi connectivity index (χ3v) is 7.22. The zero-order valence-electron chi connectivity index (χ0n) is 22.2. The number of fused-ring (bicyclic) bond motifs is 2. The first-order valence-electron chi connectivity index (χ1n) is 12.6. The fourth-order valence-corrected chi connectivity index (χ4v) is 5.18. The van der Waals surface area contributed by atoms with E-state index in [0.717, 1.165) is 45.6 Å². The molecule has 0 radical (unpaired) electrons. The Morgan fingerprint density at radius 3 is 2.64 bits per heavy atom. The van der Waals surface area contributed by atoms with Crippen molar-refractivity contribution in [3.8, 4) is 22.9 Å². The molecule has 10 heteroatoms. The molecule has 0 unspecified atom stereocenters. The first-order valence-corrected chi connectivity index (χ1v) is 12.6. The first-order chi connectivity index (χ1) is 18.8. The zero-order chi connectivity index (χ0) is 27.3. The van der Waals surface area contributed by atoms with Gasteiger partial charge in [-0.3, -0.25) is 9.48 Å². The van der Waals surface area contributed by atoms with Gasteiger partial charge in [-0.1, -0.05) is 0 Å². The van der Waals surface area contributed by atoms with Crippen molar-refractivity contribution < 1.29 is 9.15 Å². The van der Waals surface area contributed by atoms with Gasteiger partial charge in [-0.2, -0.15) is 10.4 Å². The molecule has 5 aromatic rings. The summed E-state index contributed by atoms with van der Waals surface area (Å²) in [7, 11) is 5.68. The lowest BCUT2D eigenvalue weighted by Gasteiger charge is -2.38. The Morgan fingerprint density at radius 1 is 1.08 bits per heavy atom. The van der Waals surface area contributed by atoms with E-state index in [1.165, 1.54) is 6.26 Å². The molecule has 196 valence electrons.